The van der Waals surface area contributed by atoms with Gasteiger partial charge < -0.3 is 0 Å². The van der Waals surface area contributed by atoms with Gasteiger partial charge in [0.05, 0.1) is 0 Å². The minimum Gasteiger partial charge on any atom is -0.208 e. The third-order valence-corrected chi connectivity index (χ3v) is 11.8. The Morgan fingerprint density at radius 2 is 0.621 bits per heavy atom. The van der Waals surface area contributed by atoms with E-state index in [2.05, 4.69) is 140 Å². The minimum atomic E-state index is 0.639. The average molecular weight is 736 g/mol. The molecule has 0 bridgehead atoms. The molecule has 58 heavy (non-hydrogen) atoms. The van der Waals surface area contributed by atoms with Crippen LogP contribution in [0.2, 0.25) is 0 Å². The number of nitrogens with zero attached hydrogens (tertiary/aromatic N) is 3. The van der Waals surface area contributed by atoms with Crippen LogP contribution < -0.4 is 0 Å². The average Bonchev–Trinajstić information content (AvgIpc) is 3.30. The Morgan fingerprint density at radius 3 is 1.17 bits per heavy atom. The number of hydrogen-bond acceptors (Lipinski definition) is 3. The molecule has 12 rings (SSSR count). The molecule has 1 aromatic heterocycles. The van der Waals surface area contributed by atoms with Gasteiger partial charge in [0.25, 0.3) is 0 Å². The largest absolute Gasteiger partial charge is 0.208 e. The second-order valence-electron chi connectivity index (χ2n) is 15.1. The molecule has 1 heterocycles. The monoisotopic (exact) mass is 735 g/mol. The van der Waals surface area contributed by atoms with E-state index in [0.717, 1.165) is 27.8 Å². The fourth-order valence-electron chi connectivity index (χ4n) is 9.19. The van der Waals surface area contributed by atoms with Gasteiger partial charge in [-0.1, -0.05) is 182 Å². The minimum absolute atomic E-state index is 0.639. The molecule has 11 aromatic carbocycles. The summed E-state index contributed by atoms with van der Waals surface area (Å²) in [6.07, 6.45) is 0. The molecule has 0 aliphatic heterocycles. The maximum absolute atomic E-state index is 5.05. The van der Waals surface area contributed by atoms with Crippen LogP contribution in [0.1, 0.15) is 0 Å². The van der Waals surface area contributed by atoms with Crippen molar-refractivity contribution in [2.24, 2.45) is 0 Å². The second kappa shape index (κ2) is 12.9. The summed E-state index contributed by atoms with van der Waals surface area (Å²) >= 11 is 0. The Balaban J connectivity index is 1.09. The van der Waals surface area contributed by atoms with Crippen LogP contribution in [0.15, 0.2) is 200 Å². The number of fused-ring (bicyclic) bond motifs is 2. The third-order valence-electron chi connectivity index (χ3n) is 11.8. The van der Waals surface area contributed by atoms with Crippen molar-refractivity contribution in [1.29, 1.82) is 0 Å². The standard InChI is InChI=1S/C55H33N3/c1-3-13-37(14-4-1)53-56-54(38-15-5-2-6-16-38)58-55(57-53)41-21-9-20-39(31-41)43-22-7-8-23-44(43)42-32-40-30-29-36-18-11-25-46-45-24-10-17-34-27-28-35-19-12-26-47(51(35)49(34)45)48(33-42)52(40)50(36)46/h1-33H. The van der Waals surface area contributed by atoms with E-state index >= 15 is 0 Å². The van der Waals surface area contributed by atoms with Gasteiger partial charge in [-0.25, -0.2) is 15.0 Å². The molecule has 0 fully saturated rings. The van der Waals surface area contributed by atoms with Gasteiger partial charge >= 0.3 is 0 Å². The Bertz CT molecular complexity index is 3490. The van der Waals surface area contributed by atoms with Crippen LogP contribution in [0, 0.1) is 0 Å². The van der Waals surface area contributed by atoms with E-state index < -0.39 is 0 Å². The van der Waals surface area contributed by atoms with Crippen LogP contribution in [0.5, 0.6) is 0 Å². The molecule has 0 radical (unpaired) electrons. The maximum atomic E-state index is 5.05. The van der Waals surface area contributed by atoms with Gasteiger partial charge in [0, 0.05) is 16.7 Å². The normalized spacial score (nSPS) is 11.8. The van der Waals surface area contributed by atoms with Crippen molar-refractivity contribution in [3.05, 3.63) is 200 Å². The number of benzene rings is 10. The first kappa shape index (κ1) is 32.5. The van der Waals surface area contributed by atoms with Crippen LogP contribution in [-0.2, 0) is 0 Å². The van der Waals surface area contributed by atoms with Crippen LogP contribution >= 0.6 is 0 Å². The van der Waals surface area contributed by atoms with Crippen molar-refractivity contribution in [1.82, 2.24) is 15.0 Å². The van der Waals surface area contributed by atoms with Crippen LogP contribution in [0.3, 0.4) is 0 Å². The van der Waals surface area contributed by atoms with Gasteiger partial charge in [-0.15, -0.1) is 0 Å². The van der Waals surface area contributed by atoms with E-state index in [1.54, 1.807) is 0 Å². The Labute approximate surface area is 334 Å². The van der Waals surface area contributed by atoms with E-state index in [4.69, 9.17) is 15.0 Å². The molecule has 0 aliphatic carbocycles. The molecule has 0 atom stereocenters. The number of rotatable bonds is 5. The lowest BCUT2D eigenvalue weighted by Gasteiger charge is -2.18. The molecule has 0 saturated carbocycles. The Kier molecular flexibility index (Phi) is 7.23. The molecule has 268 valence electrons. The maximum Gasteiger partial charge on any atom is 0.164 e. The fraction of sp³-hybridized carbons (Fsp3) is 0. The smallest absolute Gasteiger partial charge is 0.164 e. The highest BCUT2D eigenvalue weighted by Gasteiger charge is 2.18. The molecule has 12 aromatic rings. The first-order valence-corrected chi connectivity index (χ1v) is 19.8. The van der Waals surface area contributed by atoms with Crippen LogP contribution in [0.4, 0.5) is 0 Å². The highest BCUT2D eigenvalue weighted by molar-refractivity contribution is 6.37. The van der Waals surface area contributed by atoms with E-state index in [0.29, 0.717) is 17.5 Å². The lowest BCUT2D eigenvalue weighted by molar-refractivity contribution is 1.07. The summed E-state index contributed by atoms with van der Waals surface area (Å²) in [4.78, 5) is 15.0. The summed E-state index contributed by atoms with van der Waals surface area (Å²) in [5.41, 5.74) is 7.43. The topological polar surface area (TPSA) is 38.7 Å². The molecule has 0 N–H and O–H groups in total. The third kappa shape index (κ3) is 5.11. The van der Waals surface area contributed by atoms with Gasteiger partial charge in [0.1, 0.15) is 0 Å². The van der Waals surface area contributed by atoms with Crippen LogP contribution in [0.25, 0.3) is 121 Å². The highest BCUT2D eigenvalue weighted by Crippen LogP contribution is 2.45. The van der Waals surface area contributed by atoms with Crippen LogP contribution in [-0.4, -0.2) is 15.0 Å². The number of hydrogen-bond donors (Lipinski definition) is 0. The van der Waals surface area contributed by atoms with Gasteiger partial charge in [-0.2, -0.15) is 0 Å². The predicted molar refractivity (Wildman–Crippen MR) is 243 cm³/mol. The lowest BCUT2D eigenvalue weighted by atomic mass is 9.85. The SMILES string of the molecule is c1ccc(-c2nc(-c3ccccc3)nc(-c3cccc(-c4ccccc4-c4cc5ccc6cccc7c8cccc9ccc%10cccc(c(c4)c5c67)c%10c98)c3)n2)cc1. The van der Waals surface area contributed by atoms with E-state index in [1.807, 2.05) is 60.7 Å². The highest BCUT2D eigenvalue weighted by atomic mass is 15.0. The first-order chi connectivity index (χ1) is 28.7. The van der Waals surface area contributed by atoms with Gasteiger partial charge in [0.2, 0.25) is 0 Å². The zero-order valence-corrected chi connectivity index (χ0v) is 31.4. The predicted octanol–water partition coefficient (Wildman–Crippen LogP) is 14.6. The molecule has 3 nitrogen and oxygen atoms in total. The van der Waals surface area contributed by atoms with E-state index in [-0.39, 0.29) is 0 Å². The lowest BCUT2D eigenvalue weighted by Crippen LogP contribution is -2.00. The summed E-state index contributed by atoms with van der Waals surface area (Å²) in [5, 5.41) is 15.3. The molecule has 0 amide bonds. The zero-order chi connectivity index (χ0) is 38.2. The molecular weight excluding hydrogens is 703 g/mol. The van der Waals surface area contributed by atoms with Gasteiger partial charge in [-0.05, 0) is 105 Å². The van der Waals surface area contributed by atoms with Gasteiger partial charge in [0.15, 0.2) is 17.5 Å². The van der Waals surface area contributed by atoms with Crippen molar-refractivity contribution >= 4 is 64.6 Å². The molecule has 0 saturated heterocycles. The molecule has 0 unspecified atom stereocenters. The Hall–Kier alpha value is -7.75. The van der Waals surface area contributed by atoms with Gasteiger partial charge in [-0.3, -0.25) is 0 Å². The van der Waals surface area contributed by atoms with Crippen molar-refractivity contribution in [3.63, 3.8) is 0 Å². The molecule has 3 heteroatoms. The molecular formula is C55H33N3. The van der Waals surface area contributed by atoms with Crippen molar-refractivity contribution in [3.8, 4) is 56.4 Å². The quantitative estimate of drug-likeness (QED) is 0.165. The summed E-state index contributed by atoms with van der Waals surface area (Å²) < 4.78 is 0. The molecule has 0 aliphatic rings. The van der Waals surface area contributed by atoms with E-state index in [1.165, 1.54) is 75.8 Å². The Morgan fingerprint density at radius 1 is 0.224 bits per heavy atom. The van der Waals surface area contributed by atoms with Crippen molar-refractivity contribution < 1.29 is 0 Å². The summed E-state index contributed by atoms with van der Waals surface area (Å²) in [6.45, 7) is 0. The summed E-state index contributed by atoms with van der Waals surface area (Å²) in [5.74, 6) is 1.94. The van der Waals surface area contributed by atoms with Crippen molar-refractivity contribution in [2.45, 2.75) is 0 Å². The van der Waals surface area contributed by atoms with Crippen molar-refractivity contribution in [2.75, 3.05) is 0 Å². The molecule has 0 spiro atoms. The fourth-order valence-corrected chi connectivity index (χ4v) is 9.19. The second-order valence-corrected chi connectivity index (χ2v) is 15.1. The zero-order valence-electron chi connectivity index (χ0n) is 31.4. The summed E-state index contributed by atoms with van der Waals surface area (Å²) in [7, 11) is 0. The number of aromatic nitrogens is 3. The summed E-state index contributed by atoms with van der Waals surface area (Å²) in [6, 6.07) is 72.0. The first-order valence-electron chi connectivity index (χ1n) is 19.8. The van der Waals surface area contributed by atoms with E-state index in [9.17, 15) is 0 Å².